The molecule has 3 aromatic rings. The second kappa shape index (κ2) is 5.98. The highest BCUT2D eigenvalue weighted by Crippen LogP contribution is 2.33. The van der Waals surface area contributed by atoms with Gasteiger partial charge < -0.3 is 0 Å². The molecule has 1 nitrogen and oxygen atoms in total. The summed E-state index contributed by atoms with van der Waals surface area (Å²) in [6, 6.07) is 13.9. The first-order chi connectivity index (χ1) is 11.6. The first kappa shape index (κ1) is 17.7. The number of aromatic nitrogens is 1. The molecule has 0 radical (unpaired) electrons. The van der Waals surface area contributed by atoms with E-state index in [0.717, 1.165) is 0 Å². The second-order valence-electron chi connectivity index (χ2n) is 8.50. The van der Waals surface area contributed by atoms with Crippen LogP contribution in [0.1, 0.15) is 48.7 Å². The number of fused-ring (bicyclic) bond motifs is 1. The Hall–Kier alpha value is -2.15. The molecule has 0 saturated carbocycles. The number of nitrogens with zero attached hydrogens (tertiary/aromatic N) is 1. The Morgan fingerprint density at radius 1 is 0.840 bits per heavy atom. The summed E-state index contributed by atoms with van der Waals surface area (Å²) in [7, 11) is 2.18. The summed E-state index contributed by atoms with van der Waals surface area (Å²) in [5.74, 6) is 0. The predicted molar refractivity (Wildman–Crippen MR) is 108 cm³/mol. The van der Waals surface area contributed by atoms with Crippen molar-refractivity contribution in [2.45, 2.75) is 53.9 Å². The monoisotopic (exact) mass is 332 g/mol. The van der Waals surface area contributed by atoms with Crippen LogP contribution < -0.4 is 4.57 Å². The molecule has 2 aromatic carbocycles. The van der Waals surface area contributed by atoms with E-state index in [1.807, 2.05) is 0 Å². The van der Waals surface area contributed by atoms with E-state index in [4.69, 9.17) is 0 Å². The number of hydrogen-bond donors (Lipinski definition) is 0. The summed E-state index contributed by atoms with van der Waals surface area (Å²) >= 11 is 0. The molecule has 0 aliphatic rings. The first-order valence-corrected chi connectivity index (χ1v) is 9.11. The molecule has 1 heteroatoms. The topological polar surface area (TPSA) is 3.88 Å². The van der Waals surface area contributed by atoms with Crippen molar-refractivity contribution < 1.29 is 4.57 Å². The fourth-order valence-electron chi connectivity index (χ4n) is 3.65. The summed E-state index contributed by atoms with van der Waals surface area (Å²) < 4.78 is 2.33. The highest BCUT2D eigenvalue weighted by molar-refractivity contribution is 5.94. The van der Waals surface area contributed by atoms with Crippen LogP contribution in [0.2, 0.25) is 0 Å². The summed E-state index contributed by atoms with van der Waals surface area (Å²) in [5, 5.41) is 2.66. The largest absolute Gasteiger partial charge is 0.220 e. The summed E-state index contributed by atoms with van der Waals surface area (Å²) in [4.78, 5) is 0. The number of benzene rings is 2. The van der Waals surface area contributed by atoms with Crippen LogP contribution >= 0.6 is 0 Å². The van der Waals surface area contributed by atoms with Crippen molar-refractivity contribution in [1.29, 1.82) is 0 Å². The lowest BCUT2D eigenvalue weighted by molar-refractivity contribution is -0.665. The molecule has 1 heterocycles. The zero-order valence-corrected chi connectivity index (χ0v) is 16.9. The minimum Gasteiger partial charge on any atom is -0.198 e. The van der Waals surface area contributed by atoms with Crippen molar-refractivity contribution in [3.8, 4) is 11.3 Å². The van der Waals surface area contributed by atoms with Crippen LogP contribution in [0.5, 0.6) is 0 Å². The van der Waals surface area contributed by atoms with Crippen molar-refractivity contribution in [3.05, 3.63) is 64.3 Å². The maximum atomic E-state index is 2.36. The van der Waals surface area contributed by atoms with Crippen molar-refractivity contribution in [1.82, 2.24) is 0 Å². The Balaban J connectivity index is 2.41. The summed E-state index contributed by atoms with van der Waals surface area (Å²) in [6.07, 6.45) is 0. The van der Waals surface area contributed by atoms with Gasteiger partial charge in [-0.15, -0.1) is 0 Å². The highest BCUT2D eigenvalue weighted by Gasteiger charge is 2.22. The van der Waals surface area contributed by atoms with E-state index < -0.39 is 0 Å². The zero-order chi connectivity index (χ0) is 18.5. The van der Waals surface area contributed by atoms with Crippen molar-refractivity contribution in [2.75, 3.05) is 0 Å². The lowest BCUT2D eigenvalue weighted by atomic mass is 9.85. The van der Waals surface area contributed by atoms with Crippen LogP contribution in [0.4, 0.5) is 0 Å². The van der Waals surface area contributed by atoms with Gasteiger partial charge in [-0.25, -0.2) is 0 Å². The van der Waals surface area contributed by atoms with Gasteiger partial charge in [0.2, 0.25) is 5.69 Å². The summed E-state index contributed by atoms with van der Waals surface area (Å²) in [5.41, 5.74) is 9.54. The molecular formula is C24H30N+. The molecule has 0 spiro atoms. The van der Waals surface area contributed by atoms with E-state index in [2.05, 4.69) is 96.5 Å². The molecule has 0 amide bonds. The Labute approximate surface area is 152 Å². The predicted octanol–water partition coefficient (Wildman–Crippen LogP) is 5.86. The standard InChI is InChI=1S/C24H30N/c1-15-11-16(2)18(4)22(12-15)23-21-10-9-20(24(5,6)7)14-19(21)13-17(3)25(23)8/h9-14H,1-8H3/q+1. The fourth-order valence-corrected chi connectivity index (χ4v) is 3.65. The SMILES string of the molecule is Cc1cc(C)c(C)c(-c2c3ccc(C(C)(C)C)cc3cc(C)[n+]2C)c1. The van der Waals surface area contributed by atoms with E-state index in [1.165, 1.54) is 50.0 Å². The molecule has 0 N–H and O–H groups in total. The maximum Gasteiger partial charge on any atom is 0.220 e. The van der Waals surface area contributed by atoms with Crippen LogP contribution in [0, 0.1) is 27.7 Å². The van der Waals surface area contributed by atoms with Gasteiger partial charge in [-0.2, -0.15) is 4.57 Å². The van der Waals surface area contributed by atoms with E-state index in [9.17, 15) is 0 Å². The molecule has 0 aliphatic heterocycles. The number of hydrogen-bond acceptors (Lipinski definition) is 0. The minimum absolute atomic E-state index is 0.163. The molecule has 0 unspecified atom stereocenters. The summed E-state index contributed by atoms with van der Waals surface area (Å²) in [6.45, 7) is 15.7. The van der Waals surface area contributed by atoms with Gasteiger partial charge in [0, 0.05) is 13.0 Å². The van der Waals surface area contributed by atoms with Crippen LogP contribution in [-0.4, -0.2) is 0 Å². The maximum absolute atomic E-state index is 2.36. The van der Waals surface area contributed by atoms with Gasteiger partial charge >= 0.3 is 0 Å². The second-order valence-corrected chi connectivity index (χ2v) is 8.50. The molecule has 0 bridgehead atoms. The van der Waals surface area contributed by atoms with Gasteiger partial charge in [-0.1, -0.05) is 44.5 Å². The zero-order valence-electron chi connectivity index (χ0n) is 16.9. The van der Waals surface area contributed by atoms with Gasteiger partial charge in [0.15, 0.2) is 5.69 Å². The molecule has 0 saturated heterocycles. The number of pyridine rings is 1. The Kier molecular flexibility index (Phi) is 4.23. The van der Waals surface area contributed by atoms with Gasteiger partial charge in [-0.3, -0.25) is 0 Å². The van der Waals surface area contributed by atoms with E-state index in [1.54, 1.807) is 0 Å². The highest BCUT2D eigenvalue weighted by atomic mass is 14.9. The van der Waals surface area contributed by atoms with Crippen LogP contribution in [-0.2, 0) is 12.5 Å². The minimum atomic E-state index is 0.163. The average molecular weight is 333 g/mol. The Morgan fingerprint density at radius 2 is 1.52 bits per heavy atom. The van der Waals surface area contributed by atoms with Crippen molar-refractivity contribution in [2.24, 2.45) is 7.05 Å². The van der Waals surface area contributed by atoms with Gasteiger partial charge in [0.1, 0.15) is 7.05 Å². The lowest BCUT2D eigenvalue weighted by Gasteiger charge is -2.20. The van der Waals surface area contributed by atoms with Crippen molar-refractivity contribution in [3.63, 3.8) is 0 Å². The number of aryl methyl sites for hydroxylation is 3. The van der Waals surface area contributed by atoms with Crippen LogP contribution in [0.3, 0.4) is 0 Å². The third-order valence-corrected chi connectivity index (χ3v) is 5.47. The molecule has 0 atom stereocenters. The lowest BCUT2D eigenvalue weighted by Crippen LogP contribution is -2.35. The van der Waals surface area contributed by atoms with E-state index in [0.29, 0.717) is 0 Å². The number of rotatable bonds is 1. The molecule has 0 fully saturated rings. The van der Waals surface area contributed by atoms with Gasteiger partial charge in [-0.05, 0) is 60.4 Å². The third-order valence-electron chi connectivity index (χ3n) is 5.47. The molecule has 3 rings (SSSR count). The quantitative estimate of drug-likeness (QED) is 0.491. The molecule has 25 heavy (non-hydrogen) atoms. The smallest absolute Gasteiger partial charge is 0.198 e. The Bertz CT molecular complexity index is 972. The average Bonchev–Trinajstić information content (AvgIpc) is 2.51. The first-order valence-electron chi connectivity index (χ1n) is 9.11. The molecular weight excluding hydrogens is 302 g/mol. The van der Waals surface area contributed by atoms with Crippen LogP contribution in [0.15, 0.2) is 36.4 Å². The normalized spacial score (nSPS) is 12.0. The van der Waals surface area contributed by atoms with Crippen molar-refractivity contribution >= 4 is 10.8 Å². The van der Waals surface area contributed by atoms with Crippen LogP contribution in [0.25, 0.3) is 22.0 Å². The molecule has 1 aromatic heterocycles. The third kappa shape index (κ3) is 3.08. The Morgan fingerprint density at radius 3 is 2.16 bits per heavy atom. The molecule has 130 valence electrons. The fraction of sp³-hybridized carbons (Fsp3) is 0.375. The van der Waals surface area contributed by atoms with Gasteiger partial charge in [0.25, 0.3) is 0 Å². The van der Waals surface area contributed by atoms with Gasteiger partial charge in [0.05, 0.1) is 10.9 Å². The van der Waals surface area contributed by atoms with E-state index in [-0.39, 0.29) is 5.41 Å². The molecule has 0 aliphatic carbocycles. The van der Waals surface area contributed by atoms with E-state index >= 15 is 0 Å².